The van der Waals surface area contributed by atoms with Crippen molar-refractivity contribution in [2.45, 2.75) is 39.2 Å². The Bertz CT molecular complexity index is 915. The van der Waals surface area contributed by atoms with Crippen molar-refractivity contribution >= 4 is 22.6 Å². The Morgan fingerprint density at radius 3 is 3.00 bits per heavy atom. The number of carbonyl (C=O) groups excluding carboxylic acids is 1. The zero-order valence-corrected chi connectivity index (χ0v) is 13.6. The second kappa shape index (κ2) is 6.03. The number of hydrogen-bond acceptors (Lipinski definition) is 4. The lowest BCUT2D eigenvalue weighted by molar-refractivity contribution is -0.116. The van der Waals surface area contributed by atoms with Crippen LogP contribution in [0.4, 0.5) is 5.69 Å². The molecule has 1 aliphatic rings. The molecule has 24 heavy (non-hydrogen) atoms. The first-order valence-electron chi connectivity index (χ1n) is 8.24. The zero-order valence-electron chi connectivity index (χ0n) is 13.6. The fraction of sp³-hybridized carbons (Fsp3) is 0.333. The molecule has 1 N–H and O–H groups in total. The van der Waals surface area contributed by atoms with Crippen LogP contribution in [0.25, 0.3) is 11.0 Å². The highest BCUT2D eigenvalue weighted by Crippen LogP contribution is 2.26. The standard InChI is InChI=1S/C18H19N5O/c1-12-6-14-9-21-23(18(14)20-7-12)11-17(24)22-16-10-19-8-13-4-2-3-5-15(13)16/h6-10H,2-5,11H2,1H3,(H,22,24). The summed E-state index contributed by atoms with van der Waals surface area (Å²) in [5.74, 6) is -0.108. The summed E-state index contributed by atoms with van der Waals surface area (Å²) in [5, 5.41) is 8.22. The summed E-state index contributed by atoms with van der Waals surface area (Å²) in [4.78, 5) is 21.1. The number of amides is 1. The van der Waals surface area contributed by atoms with Crippen molar-refractivity contribution < 1.29 is 4.79 Å². The maximum absolute atomic E-state index is 12.4. The summed E-state index contributed by atoms with van der Waals surface area (Å²) in [5.41, 5.74) is 5.11. The Kier molecular flexibility index (Phi) is 3.72. The van der Waals surface area contributed by atoms with Crippen LogP contribution in [-0.4, -0.2) is 25.7 Å². The molecule has 0 fully saturated rings. The summed E-state index contributed by atoms with van der Waals surface area (Å²) in [6.45, 7) is 2.13. The lowest BCUT2D eigenvalue weighted by Gasteiger charge is -2.18. The van der Waals surface area contributed by atoms with Crippen molar-refractivity contribution in [3.8, 4) is 0 Å². The molecule has 0 bridgehead atoms. The van der Waals surface area contributed by atoms with Crippen LogP contribution in [0.1, 0.15) is 29.5 Å². The van der Waals surface area contributed by atoms with Crippen molar-refractivity contribution in [2.75, 3.05) is 5.32 Å². The van der Waals surface area contributed by atoms with Crippen LogP contribution < -0.4 is 5.32 Å². The quantitative estimate of drug-likeness (QED) is 0.805. The maximum Gasteiger partial charge on any atom is 0.246 e. The molecule has 1 aliphatic carbocycles. The molecule has 0 aromatic carbocycles. The topological polar surface area (TPSA) is 72.7 Å². The largest absolute Gasteiger partial charge is 0.323 e. The van der Waals surface area contributed by atoms with Crippen LogP contribution in [-0.2, 0) is 24.2 Å². The Morgan fingerprint density at radius 1 is 1.21 bits per heavy atom. The number of nitrogens with one attached hydrogen (secondary N) is 1. The zero-order chi connectivity index (χ0) is 16.5. The van der Waals surface area contributed by atoms with Gasteiger partial charge in [-0.05, 0) is 55.4 Å². The average molecular weight is 321 g/mol. The number of fused-ring (bicyclic) bond motifs is 2. The molecule has 0 aliphatic heterocycles. The van der Waals surface area contributed by atoms with Gasteiger partial charge in [0.15, 0.2) is 5.65 Å². The minimum absolute atomic E-state index is 0.108. The molecule has 6 heteroatoms. The number of aromatic nitrogens is 4. The molecule has 122 valence electrons. The van der Waals surface area contributed by atoms with Gasteiger partial charge in [0.05, 0.1) is 18.1 Å². The van der Waals surface area contributed by atoms with E-state index in [1.54, 1.807) is 23.3 Å². The van der Waals surface area contributed by atoms with Gasteiger partial charge >= 0.3 is 0 Å². The first kappa shape index (κ1) is 14.8. The van der Waals surface area contributed by atoms with Crippen LogP contribution in [0.5, 0.6) is 0 Å². The predicted molar refractivity (Wildman–Crippen MR) is 91.8 cm³/mol. The van der Waals surface area contributed by atoms with Gasteiger partial charge in [0.1, 0.15) is 6.54 Å². The third-order valence-corrected chi connectivity index (χ3v) is 4.45. The fourth-order valence-corrected chi connectivity index (χ4v) is 3.29. The van der Waals surface area contributed by atoms with E-state index >= 15 is 0 Å². The van der Waals surface area contributed by atoms with Crippen molar-refractivity contribution in [3.63, 3.8) is 0 Å². The Labute approximate surface area is 139 Å². The van der Waals surface area contributed by atoms with E-state index in [2.05, 4.69) is 20.4 Å². The van der Waals surface area contributed by atoms with Gasteiger partial charge in [0.2, 0.25) is 5.91 Å². The molecule has 3 aromatic heterocycles. The molecule has 0 saturated heterocycles. The van der Waals surface area contributed by atoms with Crippen LogP contribution in [0.3, 0.4) is 0 Å². The SMILES string of the molecule is Cc1cnc2c(cnn2CC(=O)Nc2cncc3c2CCCC3)c1. The normalized spacial score (nSPS) is 13.7. The minimum atomic E-state index is -0.108. The third-order valence-electron chi connectivity index (χ3n) is 4.45. The van der Waals surface area contributed by atoms with Gasteiger partial charge in [-0.25, -0.2) is 9.67 Å². The number of carbonyl (C=O) groups is 1. The fourth-order valence-electron chi connectivity index (χ4n) is 3.29. The first-order valence-corrected chi connectivity index (χ1v) is 8.24. The average Bonchev–Trinajstić information content (AvgIpc) is 2.97. The van der Waals surface area contributed by atoms with E-state index in [1.807, 2.05) is 19.2 Å². The molecule has 0 spiro atoms. The first-order chi connectivity index (χ1) is 11.7. The van der Waals surface area contributed by atoms with Gasteiger partial charge in [0, 0.05) is 17.8 Å². The number of anilines is 1. The van der Waals surface area contributed by atoms with Crippen molar-refractivity contribution in [2.24, 2.45) is 0 Å². The predicted octanol–water partition coefficient (Wildman–Crippen LogP) is 2.65. The summed E-state index contributed by atoms with van der Waals surface area (Å²) < 4.78 is 1.63. The van der Waals surface area contributed by atoms with Gasteiger partial charge in [-0.15, -0.1) is 0 Å². The van der Waals surface area contributed by atoms with Gasteiger partial charge in [-0.2, -0.15) is 5.10 Å². The van der Waals surface area contributed by atoms with Crippen LogP contribution in [0.15, 0.2) is 30.9 Å². The second-order valence-corrected chi connectivity index (χ2v) is 6.31. The number of nitrogens with zero attached hydrogens (tertiary/aromatic N) is 4. The van der Waals surface area contributed by atoms with Gasteiger partial charge in [-0.3, -0.25) is 9.78 Å². The molecule has 0 radical (unpaired) electrons. The van der Waals surface area contributed by atoms with Crippen molar-refractivity contribution in [3.05, 3.63) is 47.5 Å². The molecule has 0 saturated carbocycles. The number of hydrogen-bond donors (Lipinski definition) is 1. The minimum Gasteiger partial charge on any atom is -0.323 e. The molecule has 0 unspecified atom stereocenters. The van der Waals surface area contributed by atoms with E-state index in [0.29, 0.717) is 0 Å². The van der Waals surface area contributed by atoms with E-state index in [9.17, 15) is 4.79 Å². The van der Waals surface area contributed by atoms with E-state index < -0.39 is 0 Å². The molecule has 3 heterocycles. The summed E-state index contributed by atoms with van der Waals surface area (Å²) in [6, 6.07) is 2.02. The Morgan fingerprint density at radius 2 is 2.08 bits per heavy atom. The van der Waals surface area contributed by atoms with E-state index in [-0.39, 0.29) is 12.5 Å². The maximum atomic E-state index is 12.4. The number of pyridine rings is 2. The molecule has 3 aromatic rings. The monoisotopic (exact) mass is 321 g/mol. The molecule has 1 amide bonds. The third kappa shape index (κ3) is 2.75. The van der Waals surface area contributed by atoms with Crippen molar-refractivity contribution in [1.29, 1.82) is 0 Å². The highest BCUT2D eigenvalue weighted by atomic mass is 16.2. The smallest absolute Gasteiger partial charge is 0.246 e. The van der Waals surface area contributed by atoms with Crippen LogP contribution in [0.2, 0.25) is 0 Å². The summed E-state index contributed by atoms with van der Waals surface area (Å²) in [6.07, 6.45) is 11.6. The van der Waals surface area contributed by atoms with E-state index in [1.165, 1.54) is 17.5 Å². The van der Waals surface area contributed by atoms with E-state index in [4.69, 9.17) is 0 Å². The second-order valence-electron chi connectivity index (χ2n) is 6.31. The molecule has 4 rings (SSSR count). The van der Waals surface area contributed by atoms with E-state index in [0.717, 1.165) is 41.5 Å². The van der Waals surface area contributed by atoms with Crippen molar-refractivity contribution in [1.82, 2.24) is 19.7 Å². The van der Waals surface area contributed by atoms with Gasteiger partial charge < -0.3 is 5.32 Å². The van der Waals surface area contributed by atoms with Gasteiger partial charge in [0.25, 0.3) is 0 Å². The number of aryl methyl sites for hydroxylation is 2. The molecular formula is C18H19N5O. The molecular weight excluding hydrogens is 302 g/mol. The summed E-state index contributed by atoms with van der Waals surface area (Å²) >= 11 is 0. The number of rotatable bonds is 3. The molecule has 6 nitrogen and oxygen atoms in total. The molecule has 0 atom stereocenters. The van der Waals surface area contributed by atoms with Crippen LogP contribution in [0, 0.1) is 6.92 Å². The highest BCUT2D eigenvalue weighted by Gasteiger charge is 2.16. The van der Waals surface area contributed by atoms with Gasteiger partial charge in [-0.1, -0.05) is 0 Å². The Hall–Kier alpha value is -2.76. The summed E-state index contributed by atoms with van der Waals surface area (Å²) in [7, 11) is 0. The Balaban J connectivity index is 1.54. The van der Waals surface area contributed by atoms with Crippen LogP contribution >= 0.6 is 0 Å². The lowest BCUT2D eigenvalue weighted by atomic mass is 9.92. The lowest BCUT2D eigenvalue weighted by Crippen LogP contribution is -2.21. The highest BCUT2D eigenvalue weighted by molar-refractivity contribution is 5.92.